The van der Waals surface area contributed by atoms with Crippen molar-refractivity contribution in [2.24, 2.45) is 0 Å². The molecule has 0 unspecified atom stereocenters. The van der Waals surface area contributed by atoms with Crippen molar-refractivity contribution in [3.8, 4) is 0 Å². The van der Waals surface area contributed by atoms with Gasteiger partial charge in [-0.05, 0) is 51.0 Å². The molecule has 1 aromatic carbocycles. The van der Waals surface area contributed by atoms with Crippen molar-refractivity contribution in [1.82, 2.24) is 10.2 Å². The molecule has 0 saturated heterocycles. The molecule has 0 aromatic heterocycles. The Kier molecular flexibility index (Phi) is 6.73. The molecule has 1 N–H and O–H groups in total. The van der Waals surface area contributed by atoms with Gasteiger partial charge in [0.2, 0.25) is 5.91 Å². The minimum Gasteiger partial charge on any atom is -0.356 e. The average Bonchev–Trinajstić information content (AvgIpc) is 2.42. The van der Waals surface area contributed by atoms with E-state index < -0.39 is 0 Å². The standard InChI is InChI=1S/C17H28N2O/c1-13(2)15-8-6-9-16(12-15)14(3)17(20)18-10-7-11-19(4)5/h6,8-9,12-14H,7,10-11H2,1-5H3,(H,18,20)/t14-/m1/s1. The first kappa shape index (κ1) is 16.7. The van der Waals surface area contributed by atoms with Crippen LogP contribution in [0.25, 0.3) is 0 Å². The summed E-state index contributed by atoms with van der Waals surface area (Å²) in [5.41, 5.74) is 2.39. The highest BCUT2D eigenvalue weighted by Crippen LogP contribution is 2.21. The van der Waals surface area contributed by atoms with E-state index in [0.29, 0.717) is 5.92 Å². The van der Waals surface area contributed by atoms with E-state index in [1.807, 2.05) is 33.2 Å². The molecule has 0 aliphatic heterocycles. The van der Waals surface area contributed by atoms with Gasteiger partial charge in [-0.1, -0.05) is 38.1 Å². The summed E-state index contributed by atoms with van der Waals surface area (Å²) >= 11 is 0. The van der Waals surface area contributed by atoms with E-state index >= 15 is 0 Å². The topological polar surface area (TPSA) is 32.3 Å². The Hall–Kier alpha value is -1.35. The summed E-state index contributed by atoms with van der Waals surface area (Å²) in [6.07, 6.45) is 0.984. The lowest BCUT2D eigenvalue weighted by Gasteiger charge is -2.15. The van der Waals surface area contributed by atoms with Gasteiger partial charge in [0.1, 0.15) is 0 Å². The summed E-state index contributed by atoms with van der Waals surface area (Å²) in [5.74, 6) is 0.517. The van der Waals surface area contributed by atoms with Crippen LogP contribution in [0, 0.1) is 0 Å². The smallest absolute Gasteiger partial charge is 0.227 e. The summed E-state index contributed by atoms with van der Waals surface area (Å²) < 4.78 is 0. The summed E-state index contributed by atoms with van der Waals surface area (Å²) in [5, 5.41) is 3.02. The Balaban J connectivity index is 2.54. The number of hydrogen-bond acceptors (Lipinski definition) is 2. The van der Waals surface area contributed by atoms with E-state index in [4.69, 9.17) is 0 Å². The predicted molar refractivity (Wildman–Crippen MR) is 85.1 cm³/mol. The first-order valence-corrected chi connectivity index (χ1v) is 7.44. The second-order valence-electron chi connectivity index (χ2n) is 5.99. The zero-order valence-corrected chi connectivity index (χ0v) is 13.4. The Morgan fingerprint density at radius 1 is 1.20 bits per heavy atom. The average molecular weight is 276 g/mol. The van der Waals surface area contributed by atoms with Gasteiger partial charge in [-0.15, -0.1) is 0 Å². The first-order chi connectivity index (χ1) is 9.41. The van der Waals surface area contributed by atoms with Crippen LogP contribution >= 0.6 is 0 Å². The third-order valence-corrected chi connectivity index (χ3v) is 3.55. The van der Waals surface area contributed by atoms with Gasteiger partial charge in [0, 0.05) is 6.54 Å². The van der Waals surface area contributed by atoms with Crippen LogP contribution in [0.3, 0.4) is 0 Å². The number of carbonyl (C=O) groups excluding carboxylic acids is 1. The second-order valence-corrected chi connectivity index (χ2v) is 5.99. The van der Waals surface area contributed by atoms with Gasteiger partial charge in [-0.2, -0.15) is 0 Å². The van der Waals surface area contributed by atoms with Crippen LogP contribution in [0.15, 0.2) is 24.3 Å². The van der Waals surface area contributed by atoms with E-state index in [2.05, 4.69) is 36.2 Å². The molecule has 0 spiro atoms. The van der Waals surface area contributed by atoms with Crippen molar-refractivity contribution >= 4 is 5.91 Å². The maximum atomic E-state index is 12.1. The third kappa shape index (κ3) is 5.33. The van der Waals surface area contributed by atoms with Gasteiger partial charge < -0.3 is 10.2 Å². The number of benzene rings is 1. The van der Waals surface area contributed by atoms with Crippen LogP contribution in [-0.4, -0.2) is 38.0 Å². The number of rotatable bonds is 7. The highest BCUT2D eigenvalue weighted by molar-refractivity contribution is 5.83. The molecule has 0 bridgehead atoms. The van der Waals surface area contributed by atoms with Crippen LogP contribution in [0.5, 0.6) is 0 Å². The minimum absolute atomic E-state index is 0.0898. The molecular weight excluding hydrogens is 248 g/mol. The molecule has 3 nitrogen and oxygen atoms in total. The van der Waals surface area contributed by atoms with Gasteiger partial charge in [0.15, 0.2) is 0 Å². The highest BCUT2D eigenvalue weighted by Gasteiger charge is 2.15. The van der Waals surface area contributed by atoms with Crippen molar-refractivity contribution in [3.63, 3.8) is 0 Å². The molecule has 3 heteroatoms. The molecule has 1 rings (SSSR count). The first-order valence-electron chi connectivity index (χ1n) is 7.44. The highest BCUT2D eigenvalue weighted by atomic mass is 16.1. The van der Waals surface area contributed by atoms with Crippen LogP contribution in [0.2, 0.25) is 0 Å². The molecule has 1 amide bonds. The Bertz CT molecular complexity index is 427. The minimum atomic E-state index is -0.0898. The molecule has 20 heavy (non-hydrogen) atoms. The van der Waals surface area contributed by atoms with Crippen molar-refractivity contribution in [3.05, 3.63) is 35.4 Å². The molecule has 112 valence electrons. The van der Waals surface area contributed by atoms with Gasteiger partial charge >= 0.3 is 0 Å². The summed E-state index contributed by atoms with van der Waals surface area (Å²) in [7, 11) is 4.09. The Morgan fingerprint density at radius 3 is 2.45 bits per heavy atom. The summed E-state index contributed by atoms with van der Waals surface area (Å²) in [4.78, 5) is 14.3. The van der Waals surface area contributed by atoms with Crippen molar-refractivity contribution in [2.45, 2.75) is 39.0 Å². The fourth-order valence-electron chi connectivity index (χ4n) is 2.10. The largest absolute Gasteiger partial charge is 0.356 e. The van der Waals surface area contributed by atoms with E-state index in [0.717, 1.165) is 25.1 Å². The second kappa shape index (κ2) is 8.05. The van der Waals surface area contributed by atoms with Gasteiger partial charge in [-0.25, -0.2) is 0 Å². The number of hydrogen-bond donors (Lipinski definition) is 1. The van der Waals surface area contributed by atoms with Gasteiger partial charge in [0.05, 0.1) is 5.92 Å². The van der Waals surface area contributed by atoms with Gasteiger partial charge in [-0.3, -0.25) is 4.79 Å². The fourth-order valence-corrected chi connectivity index (χ4v) is 2.10. The molecule has 1 atom stereocenters. The zero-order chi connectivity index (χ0) is 15.1. The van der Waals surface area contributed by atoms with Crippen molar-refractivity contribution in [2.75, 3.05) is 27.2 Å². The molecule has 0 aliphatic rings. The van der Waals surface area contributed by atoms with Crippen LogP contribution in [-0.2, 0) is 4.79 Å². The van der Waals surface area contributed by atoms with Gasteiger partial charge in [0.25, 0.3) is 0 Å². The lowest BCUT2D eigenvalue weighted by atomic mass is 9.94. The van der Waals surface area contributed by atoms with Crippen LogP contribution in [0.1, 0.15) is 50.2 Å². The zero-order valence-electron chi connectivity index (χ0n) is 13.4. The summed E-state index contributed by atoms with van der Waals surface area (Å²) in [6, 6.07) is 8.35. The van der Waals surface area contributed by atoms with Crippen LogP contribution < -0.4 is 5.32 Å². The number of carbonyl (C=O) groups is 1. The number of nitrogens with zero attached hydrogens (tertiary/aromatic N) is 1. The predicted octanol–water partition coefficient (Wildman–Crippen LogP) is 2.98. The van der Waals surface area contributed by atoms with Crippen molar-refractivity contribution in [1.29, 1.82) is 0 Å². The quantitative estimate of drug-likeness (QED) is 0.777. The van der Waals surface area contributed by atoms with Crippen molar-refractivity contribution < 1.29 is 4.79 Å². The Labute approximate surface area is 123 Å². The Morgan fingerprint density at radius 2 is 1.85 bits per heavy atom. The van der Waals surface area contributed by atoms with E-state index in [1.165, 1.54) is 5.56 Å². The lowest BCUT2D eigenvalue weighted by Crippen LogP contribution is -2.30. The maximum absolute atomic E-state index is 12.1. The molecule has 0 aliphatic carbocycles. The maximum Gasteiger partial charge on any atom is 0.227 e. The number of amides is 1. The van der Waals surface area contributed by atoms with Crippen LogP contribution in [0.4, 0.5) is 0 Å². The SMILES string of the molecule is CC(C)c1cccc([C@@H](C)C(=O)NCCCN(C)C)c1. The molecule has 1 aromatic rings. The summed E-state index contributed by atoms with van der Waals surface area (Å²) in [6.45, 7) is 8.06. The fraction of sp³-hybridized carbons (Fsp3) is 0.588. The van der Waals surface area contributed by atoms with E-state index in [-0.39, 0.29) is 11.8 Å². The molecule has 0 saturated carbocycles. The lowest BCUT2D eigenvalue weighted by molar-refractivity contribution is -0.122. The monoisotopic (exact) mass is 276 g/mol. The molecule has 0 heterocycles. The van der Waals surface area contributed by atoms with E-state index in [1.54, 1.807) is 0 Å². The molecule has 0 fully saturated rings. The molecule has 0 radical (unpaired) electrons. The molecular formula is C17H28N2O. The number of nitrogens with one attached hydrogen (secondary N) is 1. The van der Waals surface area contributed by atoms with E-state index in [9.17, 15) is 4.79 Å². The normalized spacial score (nSPS) is 12.8. The third-order valence-electron chi connectivity index (χ3n) is 3.55.